The highest BCUT2D eigenvalue weighted by Crippen LogP contribution is 2.57. The van der Waals surface area contributed by atoms with Crippen molar-refractivity contribution in [3.8, 4) is 0 Å². The molecule has 1 aliphatic carbocycles. The standard InChI is InChI=1S/C31H34N4O8S2/c1-19(2)15-16-31(3)23-12-8-7-11-22(23)27(36)26(28(31)37)29-32-24-14-13-21(17-25(24)44(40,41)34-29)33-45(42,43)35(30(38)39)18-20-9-5-4-6-10-20/h4-14,17,19,33,36,40-41H,15-16,18H2,1-3H3,(H,32,34)(H,38,39). The van der Waals surface area contributed by atoms with Crippen molar-refractivity contribution in [2.45, 2.75) is 50.5 Å². The zero-order valence-electron chi connectivity index (χ0n) is 24.8. The quantitative estimate of drug-likeness (QED) is 0.147. The van der Waals surface area contributed by atoms with Crippen LogP contribution in [0.15, 0.2) is 87.7 Å². The van der Waals surface area contributed by atoms with Crippen LogP contribution in [0.4, 0.5) is 16.2 Å². The van der Waals surface area contributed by atoms with Crippen molar-refractivity contribution in [3.05, 3.63) is 95.1 Å². The third kappa shape index (κ3) is 6.14. The molecule has 3 aromatic carbocycles. The summed E-state index contributed by atoms with van der Waals surface area (Å²) in [6.45, 7) is 5.45. The Labute approximate surface area is 262 Å². The van der Waals surface area contributed by atoms with Crippen LogP contribution in [-0.2, 0) is 27.0 Å². The maximum atomic E-state index is 14.1. The molecule has 0 saturated carbocycles. The van der Waals surface area contributed by atoms with Crippen molar-refractivity contribution in [2.75, 3.05) is 10.0 Å². The first-order chi connectivity index (χ1) is 21.1. The summed E-state index contributed by atoms with van der Waals surface area (Å²) in [6, 6.07) is 18.9. The van der Waals surface area contributed by atoms with E-state index in [2.05, 4.69) is 14.4 Å². The maximum Gasteiger partial charge on any atom is 0.422 e. The van der Waals surface area contributed by atoms with Crippen LogP contribution in [0.2, 0.25) is 0 Å². The Kier molecular flexibility index (Phi) is 8.44. The van der Waals surface area contributed by atoms with E-state index < -0.39 is 44.8 Å². The highest BCUT2D eigenvalue weighted by Gasteiger charge is 2.46. The van der Waals surface area contributed by atoms with E-state index in [-0.39, 0.29) is 37.7 Å². The first-order valence-corrected chi connectivity index (χ1v) is 17.0. The number of aliphatic hydroxyl groups is 1. The number of hydrogen-bond acceptors (Lipinski definition) is 9. The number of carbonyl (C=O) groups is 2. The van der Waals surface area contributed by atoms with Gasteiger partial charge in [-0.2, -0.15) is 12.7 Å². The molecule has 1 amide bonds. The number of hydrogen-bond donors (Lipinski definition) is 6. The molecular formula is C31H34N4O8S2. The van der Waals surface area contributed by atoms with Gasteiger partial charge >= 0.3 is 16.3 Å². The van der Waals surface area contributed by atoms with Gasteiger partial charge in [-0.05, 0) is 55.0 Å². The van der Waals surface area contributed by atoms with Crippen LogP contribution in [0.1, 0.15) is 50.3 Å². The number of ketones is 1. The number of amidine groups is 1. The van der Waals surface area contributed by atoms with Gasteiger partial charge in [-0.1, -0.05) is 79.2 Å². The lowest BCUT2D eigenvalue weighted by atomic mass is 9.66. The topological polar surface area (TPSA) is 189 Å². The molecule has 1 heterocycles. The van der Waals surface area contributed by atoms with Crippen LogP contribution in [-0.4, -0.2) is 49.8 Å². The molecule has 45 heavy (non-hydrogen) atoms. The second kappa shape index (κ2) is 11.9. The van der Waals surface area contributed by atoms with Crippen molar-refractivity contribution >= 4 is 55.8 Å². The van der Waals surface area contributed by atoms with Crippen molar-refractivity contribution in [1.82, 2.24) is 4.31 Å². The van der Waals surface area contributed by atoms with E-state index in [0.29, 0.717) is 29.0 Å². The van der Waals surface area contributed by atoms with E-state index in [4.69, 9.17) is 0 Å². The number of benzene rings is 3. The number of nitrogens with one attached hydrogen (secondary N) is 2. The molecule has 0 bridgehead atoms. The third-order valence-corrected chi connectivity index (χ3v) is 10.6. The molecule has 14 heteroatoms. The average Bonchev–Trinajstić information content (AvgIpc) is 2.98. The Morgan fingerprint density at radius 2 is 1.73 bits per heavy atom. The number of aliphatic hydroxyl groups excluding tert-OH is 1. The van der Waals surface area contributed by atoms with Gasteiger partial charge in [0.15, 0.2) is 11.6 Å². The minimum absolute atomic E-state index is 0.109. The zero-order chi connectivity index (χ0) is 32.7. The molecule has 6 N–H and O–H groups in total. The van der Waals surface area contributed by atoms with Gasteiger partial charge in [0.25, 0.3) is 0 Å². The van der Waals surface area contributed by atoms with Gasteiger partial charge in [0, 0.05) is 5.56 Å². The molecule has 2 aliphatic rings. The van der Waals surface area contributed by atoms with Crippen LogP contribution in [0.25, 0.3) is 5.76 Å². The monoisotopic (exact) mass is 654 g/mol. The molecule has 3 aromatic rings. The molecule has 5 rings (SSSR count). The Bertz CT molecular complexity index is 1840. The van der Waals surface area contributed by atoms with Crippen LogP contribution < -0.4 is 10.0 Å². The predicted octanol–water partition coefficient (Wildman–Crippen LogP) is 6.62. The molecular weight excluding hydrogens is 620 g/mol. The first-order valence-electron chi connectivity index (χ1n) is 14.1. The lowest BCUT2D eigenvalue weighted by molar-refractivity contribution is -0.120. The van der Waals surface area contributed by atoms with Gasteiger partial charge in [-0.15, -0.1) is 4.40 Å². The van der Waals surface area contributed by atoms with Gasteiger partial charge in [0.2, 0.25) is 0 Å². The highest BCUT2D eigenvalue weighted by molar-refractivity contribution is 8.23. The Balaban J connectivity index is 1.48. The molecule has 238 valence electrons. The fourth-order valence-corrected chi connectivity index (χ4v) is 7.66. The summed E-state index contributed by atoms with van der Waals surface area (Å²) < 4.78 is 54.8. The molecule has 12 nitrogen and oxygen atoms in total. The number of anilines is 2. The van der Waals surface area contributed by atoms with E-state index in [1.165, 1.54) is 12.1 Å². The van der Waals surface area contributed by atoms with Crippen LogP contribution in [0.3, 0.4) is 0 Å². The number of Topliss-reactive ketones (excluding diaryl/α,β-unsaturated/α-hetero) is 1. The number of amides is 1. The van der Waals surface area contributed by atoms with E-state index >= 15 is 0 Å². The fraction of sp³-hybridized carbons (Fsp3) is 0.258. The highest BCUT2D eigenvalue weighted by atomic mass is 32.3. The average molecular weight is 655 g/mol. The summed E-state index contributed by atoms with van der Waals surface area (Å²) in [6.07, 6.45) is -0.499. The maximum absolute atomic E-state index is 14.1. The zero-order valence-corrected chi connectivity index (χ0v) is 26.4. The Morgan fingerprint density at radius 3 is 2.40 bits per heavy atom. The van der Waals surface area contributed by atoms with E-state index in [1.807, 2.05) is 13.8 Å². The van der Waals surface area contributed by atoms with Gasteiger partial charge in [-0.25, -0.2) is 4.79 Å². The fourth-order valence-electron chi connectivity index (χ4n) is 5.42. The second-order valence-electron chi connectivity index (χ2n) is 11.5. The van der Waals surface area contributed by atoms with Crippen molar-refractivity contribution in [3.63, 3.8) is 0 Å². The van der Waals surface area contributed by atoms with Crippen LogP contribution in [0, 0.1) is 5.92 Å². The minimum Gasteiger partial charge on any atom is -0.506 e. The summed E-state index contributed by atoms with van der Waals surface area (Å²) >= 11 is 0. The predicted molar refractivity (Wildman–Crippen MR) is 174 cm³/mol. The molecule has 0 spiro atoms. The van der Waals surface area contributed by atoms with Crippen LogP contribution >= 0.6 is 10.8 Å². The van der Waals surface area contributed by atoms with Crippen molar-refractivity contribution < 1.29 is 37.3 Å². The normalized spacial score (nSPS) is 19.6. The van der Waals surface area contributed by atoms with E-state index in [1.54, 1.807) is 61.5 Å². The van der Waals surface area contributed by atoms with Crippen molar-refractivity contribution in [2.24, 2.45) is 10.3 Å². The summed E-state index contributed by atoms with van der Waals surface area (Å²) in [5.74, 6) is -0.704. The summed E-state index contributed by atoms with van der Waals surface area (Å²) in [4.78, 5) is 25.8. The number of carboxylic acid groups (broad SMARTS) is 1. The third-order valence-electron chi connectivity index (χ3n) is 7.87. The summed E-state index contributed by atoms with van der Waals surface area (Å²) in [7, 11) is -8.67. The van der Waals surface area contributed by atoms with Crippen molar-refractivity contribution in [1.29, 1.82) is 0 Å². The minimum atomic E-state index is -4.64. The summed E-state index contributed by atoms with van der Waals surface area (Å²) in [5.41, 5.74) is 0.293. The number of rotatable bonds is 9. The Morgan fingerprint density at radius 1 is 1.07 bits per heavy atom. The van der Waals surface area contributed by atoms with Gasteiger partial charge in [0.05, 0.1) is 23.3 Å². The molecule has 1 aliphatic heterocycles. The second-order valence-corrected chi connectivity index (χ2v) is 14.8. The van der Waals surface area contributed by atoms with Gasteiger partial charge in [-0.3, -0.25) is 18.6 Å². The van der Waals surface area contributed by atoms with Crippen LogP contribution in [0.5, 0.6) is 0 Å². The summed E-state index contributed by atoms with van der Waals surface area (Å²) in [5, 5.41) is 23.8. The number of carbonyl (C=O) groups excluding carboxylic acids is 1. The molecule has 1 unspecified atom stereocenters. The van der Waals surface area contributed by atoms with Gasteiger partial charge < -0.3 is 15.5 Å². The number of nitrogens with zero attached hydrogens (tertiary/aromatic N) is 2. The SMILES string of the molecule is CC(C)CCC1(C)C(=O)C(C2=NS(O)(O)c3cc(NS(=O)(=O)N(Cc4ccccc4)C(=O)O)ccc3N2)=C(O)c2ccccc21. The molecule has 0 saturated heterocycles. The smallest absolute Gasteiger partial charge is 0.422 e. The van der Waals surface area contributed by atoms with Gasteiger partial charge in [0.1, 0.15) is 16.2 Å². The number of fused-ring (bicyclic) bond motifs is 2. The molecule has 0 radical (unpaired) electrons. The molecule has 0 aromatic heterocycles. The lowest BCUT2D eigenvalue weighted by Gasteiger charge is -2.39. The van der Waals surface area contributed by atoms with E-state index in [9.17, 15) is 37.3 Å². The Hall–Kier alpha value is -4.37. The first kappa shape index (κ1) is 32.0. The largest absolute Gasteiger partial charge is 0.506 e. The molecule has 1 atom stereocenters. The van der Waals surface area contributed by atoms with E-state index in [0.717, 1.165) is 12.5 Å². The lowest BCUT2D eigenvalue weighted by Crippen LogP contribution is -2.42. The molecule has 0 fully saturated rings.